The number of nitrogens with zero attached hydrogens (tertiary/aromatic N) is 1. The molecule has 14 nitrogen and oxygen atoms in total. The number of rotatable bonds is 19. The molecule has 0 spiro atoms. The fourth-order valence-corrected chi connectivity index (χ4v) is 9.44. The first kappa shape index (κ1) is 49.4. The molecule has 6 aromatic carbocycles. The molecule has 7 N–H and O–H groups in total. The van der Waals surface area contributed by atoms with Crippen LogP contribution < -0.4 is 26.2 Å². The van der Waals surface area contributed by atoms with Crippen molar-refractivity contribution in [3.05, 3.63) is 213 Å². The Bertz CT molecular complexity index is 3030. The van der Waals surface area contributed by atoms with Crippen LogP contribution in [0.5, 0.6) is 11.5 Å². The van der Waals surface area contributed by atoms with Crippen molar-refractivity contribution in [2.24, 2.45) is 5.92 Å². The van der Waals surface area contributed by atoms with Gasteiger partial charge in [0.15, 0.2) is 0 Å². The Morgan fingerprint density at radius 3 is 2.00 bits per heavy atom. The van der Waals surface area contributed by atoms with Gasteiger partial charge in [-0.15, -0.1) is 0 Å². The van der Waals surface area contributed by atoms with E-state index in [0.29, 0.717) is 58.3 Å². The summed E-state index contributed by atoms with van der Waals surface area (Å²) in [5, 5.41) is 43.1. The van der Waals surface area contributed by atoms with E-state index in [1.807, 2.05) is 36.4 Å². The fourth-order valence-electron chi connectivity index (χ4n) is 9.44. The van der Waals surface area contributed by atoms with E-state index in [1.165, 1.54) is 17.7 Å². The van der Waals surface area contributed by atoms with Gasteiger partial charge in [0.1, 0.15) is 18.1 Å². The van der Waals surface area contributed by atoms with Gasteiger partial charge in [-0.1, -0.05) is 103 Å². The Morgan fingerprint density at radius 2 is 1.33 bits per heavy atom. The number of piperidine rings is 1. The second-order valence-electron chi connectivity index (χ2n) is 18.8. The predicted molar refractivity (Wildman–Crippen MR) is 273 cm³/mol. The SMILES string of the molecule is O=C(N[C@H]1C[C@H](NC(=O)c2ccc(COc3cccc([C@](O)(C(=O)OCC4CCN(Cc5ccccc5)CC4)c4ccccc4)c3)cc2)C1)c1ccc(CNC[C@H](O)c2ccc(O)c3[nH]c(=O)ccc23)cc1. The van der Waals surface area contributed by atoms with Gasteiger partial charge in [-0.3, -0.25) is 19.3 Å². The highest BCUT2D eigenvalue weighted by molar-refractivity contribution is 5.95. The maximum absolute atomic E-state index is 13.9. The monoisotopic (exact) mass is 969 g/mol. The minimum absolute atomic E-state index is 0.0704. The van der Waals surface area contributed by atoms with Gasteiger partial charge in [0.05, 0.1) is 18.2 Å². The molecule has 7 aromatic rings. The summed E-state index contributed by atoms with van der Waals surface area (Å²) in [6.07, 6.45) is 2.11. The van der Waals surface area contributed by atoms with Gasteiger partial charge in [-0.25, -0.2) is 4.79 Å². The number of pyridine rings is 1. The Balaban J connectivity index is 0.704. The summed E-state index contributed by atoms with van der Waals surface area (Å²) in [5.41, 5.74) is 3.19. The van der Waals surface area contributed by atoms with Crippen LogP contribution in [-0.4, -0.2) is 81.3 Å². The van der Waals surface area contributed by atoms with E-state index in [0.717, 1.165) is 43.6 Å². The minimum Gasteiger partial charge on any atom is -0.506 e. The van der Waals surface area contributed by atoms with E-state index < -0.39 is 17.7 Å². The molecule has 2 aliphatic rings. The first-order valence-corrected chi connectivity index (χ1v) is 24.5. The molecule has 370 valence electrons. The van der Waals surface area contributed by atoms with Crippen LogP contribution in [0.1, 0.15) is 85.9 Å². The molecule has 1 aliphatic carbocycles. The van der Waals surface area contributed by atoms with Gasteiger partial charge >= 0.3 is 5.97 Å². The number of phenolic OH excluding ortho intramolecular Hbond substituents is 1. The molecule has 14 heteroatoms. The summed E-state index contributed by atoms with van der Waals surface area (Å²) in [6, 6.07) is 46.2. The van der Waals surface area contributed by atoms with Gasteiger partial charge < -0.3 is 45.7 Å². The number of amides is 2. The number of aromatic nitrogens is 1. The van der Waals surface area contributed by atoms with Crippen LogP contribution in [-0.2, 0) is 34.8 Å². The van der Waals surface area contributed by atoms with Crippen molar-refractivity contribution in [2.45, 2.75) is 69.2 Å². The summed E-state index contributed by atoms with van der Waals surface area (Å²) in [5.74, 6) is -0.570. The van der Waals surface area contributed by atoms with Crippen LogP contribution in [0.3, 0.4) is 0 Å². The molecule has 2 amide bonds. The zero-order valence-electron chi connectivity index (χ0n) is 39.8. The molecule has 1 aromatic heterocycles. The Kier molecular flexibility index (Phi) is 15.5. The number of aromatic hydroxyl groups is 1. The topological polar surface area (TPSA) is 203 Å². The van der Waals surface area contributed by atoms with E-state index in [9.17, 15) is 34.5 Å². The van der Waals surface area contributed by atoms with Crippen LogP contribution in [0.4, 0.5) is 0 Å². The number of likely N-dealkylation sites (tertiary alicyclic amines) is 1. The number of benzene rings is 6. The average molecular weight is 970 g/mol. The lowest BCUT2D eigenvalue weighted by atomic mass is 9.86. The molecule has 1 saturated carbocycles. The standard InChI is InChI=1S/C58H59N5O9/c64-51-24-22-49(50-23-25-53(66)62-54(50)51)52(65)34-59-33-38-14-18-42(19-15-38)55(67)60-46-31-47(32-46)61-56(68)43-20-16-40(17-21-43)36-71-48-13-7-12-45(30-48)58(70,44-10-5-2-6-11-44)57(69)72-37-41-26-28-63(29-27-41)35-39-8-3-1-4-9-39/h1-25,30,41,46-47,52,59,64-65,70H,26-29,31-37H2,(H,60,67)(H,61,68)(H,62,66)/t46-,47-,52-,58-/m0/s1. The number of carbonyl (C=O) groups is 3. The van der Waals surface area contributed by atoms with Crippen molar-refractivity contribution in [1.29, 1.82) is 0 Å². The highest BCUT2D eigenvalue weighted by Gasteiger charge is 2.42. The largest absolute Gasteiger partial charge is 0.506 e. The summed E-state index contributed by atoms with van der Waals surface area (Å²) in [4.78, 5) is 56.9. The summed E-state index contributed by atoms with van der Waals surface area (Å²) in [6.45, 7) is 3.78. The molecular weight excluding hydrogens is 911 g/mol. The second-order valence-corrected chi connectivity index (χ2v) is 18.8. The van der Waals surface area contributed by atoms with E-state index in [-0.39, 0.29) is 66.4 Å². The normalized spacial score (nSPS) is 17.2. The molecule has 1 aliphatic heterocycles. The smallest absolute Gasteiger partial charge is 0.347 e. The summed E-state index contributed by atoms with van der Waals surface area (Å²) < 4.78 is 12.1. The highest BCUT2D eigenvalue weighted by Crippen LogP contribution is 2.34. The Morgan fingerprint density at radius 1 is 0.708 bits per heavy atom. The number of aliphatic hydroxyl groups is 2. The van der Waals surface area contributed by atoms with Crippen LogP contribution in [0, 0.1) is 5.92 Å². The lowest BCUT2D eigenvalue weighted by molar-refractivity contribution is -0.164. The van der Waals surface area contributed by atoms with Gasteiger partial charge in [0.2, 0.25) is 11.2 Å². The number of carbonyl (C=O) groups excluding carboxylic acids is 3. The van der Waals surface area contributed by atoms with Crippen molar-refractivity contribution in [1.82, 2.24) is 25.8 Å². The number of aromatic amines is 1. The van der Waals surface area contributed by atoms with Gasteiger partial charge in [-0.05, 0) is 121 Å². The number of phenols is 1. The maximum Gasteiger partial charge on any atom is 0.347 e. The molecule has 2 fully saturated rings. The first-order chi connectivity index (χ1) is 35.0. The zero-order chi connectivity index (χ0) is 50.0. The van der Waals surface area contributed by atoms with Crippen molar-refractivity contribution in [2.75, 3.05) is 26.2 Å². The quantitative estimate of drug-likeness (QED) is 0.0411. The van der Waals surface area contributed by atoms with Crippen LogP contribution in [0.2, 0.25) is 0 Å². The third-order valence-corrected chi connectivity index (χ3v) is 13.7. The number of aliphatic hydroxyl groups excluding tert-OH is 1. The van der Waals surface area contributed by atoms with Crippen molar-refractivity contribution in [3.8, 4) is 11.5 Å². The van der Waals surface area contributed by atoms with Gasteiger partial charge in [-0.2, -0.15) is 0 Å². The molecule has 0 unspecified atom stereocenters. The van der Waals surface area contributed by atoms with E-state index >= 15 is 0 Å². The number of ether oxygens (including phenoxy) is 2. The van der Waals surface area contributed by atoms with Crippen LogP contribution in [0.25, 0.3) is 10.9 Å². The molecule has 9 rings (SSSR count). The van der Waals surface area contributed by atoms with E-state index in [4.69, 9.17) is 9.47 Å². The van der Waals surface area contributed by atoms with Crippen LogP contribution >= 0.6 is 0 Å². The molecule has 0 radical (unpaired) electrons. The second kappa shape index (κ2) is 22.6. The minimum atomic E-state index is -2.06. The van der Waals surface area contributed by atoms with Crippen molar-refractivity contribution < 1.29 is 39.2 Å². The van der Waals surface area contributed by atoms with E-state index in [2.05, 4.69) is 50.1 Å². The average Bonchev–Trinajstić information content (AvgIpc) is 3.40. The van der Waals surface area contributed by atoms with Crippen molar-refractivity contribution in [3.63, 3.8) is 0 Å². The molecule has 2 atom stereocenters. The van der Waals surface area contributed by atoms with Gasteiger partial charge in [0.25, 0.3) is 11.8 Å². The predicted octanol–water partition coefficient (Wildman–Crippen LogP) is 7.02. The van der Waals surface area contributed by atoms with E-state index in [1.54, 1.807) is 84.9 Å². The number of nitrogens with one attached hydrogen (secondary N) is 4. The third-order valence-electron chi connectivity index (χ3n) is 13.7. The maximum atomic E-state index is 13.9. The fraction of sp³-hybridized carbons (Fsp3) is 0.276. The lowest BCUT2D eigenvalue weighted by Crippen LogP contribution is -2.53. The molecule has 72 heavy (non-hydrogen) atoms. The molecule has 1 saturated heterocycles. The Hall–Kier alpha value is -7.62. The number of esters is 1. The number of hydrogen-bond acceptors (Lipinski definition) is 11. The number of hydrogen-bond donors (Lipinski definition) is 7. The molecule has 0 bridgehead atoms. The highest BCUT2D eigenvalue weighted by atomic mass is 16.5. The lowest BCUT2D eigenvalue weighted by Gasteiger charge is -2.36. The van der Waals surface area contributed by atoms with Gasteiger partial charge in [0, 0.05) is 59.9 Å². The number of fused-ring (bicyclic) bond motifs is 1. The number of H-pyrrole nitrogens is 1. The summed E-state index contributed by atoms with van der Waals surface area (Å²) in [7, 11) is 0. The molecule has 2 heterocycles. The summed E-state index contributed by atoms with van der Waals surface area (Å²) >= 11 is 0. The third kappa shape index (κ3) is 11.9. The first-order valence-electron chi connectivity index (χ1n) is 24.5. The van der Waals surface area contributed by atoms with Crippen molar-refractivity contribution >= 4 is 28.7 Å². The Labute approximate surface area is 417 Å². The molecular formula is C58H59N5O9. The van der Waals surface area contributed by atoms with Crippen LogP contribution in [0.15, 0.2) is 163 Å². The zero-order valence-corrected chi connectivity index (χ0v) is 39.8.